The third kappa shape index (κ3) is 4.04. The van der Waals surface area contributed by atoms with Crippen molar-refractivity contribution in [3.05, 3.63) is 71.3 Å². The Bertz CT molecular complexity index is 813. The first-order valence-corrected chi connectivity index (χ1v) is 9.21. The number of carbonyl (C=O) groups is 2. The van der Waals surface area contributed by atoms with Crippen molar-refractivity contribution >= 4 is 23.6 Å². The highest BCUT2D eigenvalue weighted by molar-refractivity contribution is 8.00. The average Bonchev–Trinajstić information content (AvgIpc) is 3.02. The van der Waals surface area contributed by atoms with Gasteiger partial charge in [-0.1, -0.05) is 24.3 Å². The van der Waals surface area contributed by atoms with E-state index < -0.39 is 11.4 Å². The second-order valence-electron chi connectivity index (χ2n) is 6.04. The molecule has 1 aliphatic heterocycles. The van der Waals surface area contributed by atoms with E-state index in [0.717, 1.165) is 5.56 Å². The van der Waals surface area contributed by atoms with Crippen LogP contribution in [0.2, 0.25) is 0 Å². The van der Waals surface area contributed by atoms with E-state index in [4.69, 9.17) is 0 Å². The molecule has 0 saturated carbocycles. The average molecular weight is 376 g/mol. The lowest BCUT2D eigenvalue weighted by molar-refractivity contribution is -0.137. The molecular formula is C19H18F2N2O2S. The molecule has 1 N–H and O–H groups in total. The number of halogens is 2. The summed E-state index contributed by atoms with van der Waals surface area (Å²) in [7, 11) is 0. The molecule has 0 radical (unpaired) electrons. The molecule has 3 rings (SSSR count). The van der Waals surface area contributed by atoms with Crippen LogP contribution in [0.5, 0.6) is 0 Å². The summed E-state index contributed by atoms with van der Waals surface area (Å²) in [6, 6.07) is 11.2. The molecule has 0 aliphatic carbocycles. The molecule has 4 nitrogen and oxygen atoms in total. The number of carbonyl (C=O) groups excluding carboxylic acids is 2. The molecule has 7 heteroatoms. The smallest absolute Gasteiger partial charge is 0.242 e. The number of thioether (sulfide) groups is 1. The van der Waals surface area contributed by atoms with Crippen LogP contribution in [0.3, 0.4) is 0 Å². The van der Waals surface area contributed by atoms with Crippen molar-refractivity contribution < 1.29 is 18.4 Å². The van der Waals surface area contributed by atoms with E-state index in [1.807, 2.05) is 0 Å². The minimum Gasteiger partial charge on any atom is -0.350 e. The van der Waals surface area contributed by atoms with Crippen molar-refractivity contribution in [1.82, 2.24) is 10.2 Å². The van der Waals surface area contributed by atoms with Crippen LogP contribution in [0.4, 0.5) is 8.78 Å². The molecule has 1 heterocycles. The molecular weight excluding hydrogens is 358 g/mol. The third-order valence-electron chi connectivity index (χ3n) is 4.22. The molecule has 2 atom stereocenters. The van der Waals surface area contributed by atoms with Crippen LogP contribution >= 0.6 is 11.8 Å². The predicted octanol–water partition coefficient (Wildman–Crippen LogP) is 3.24. The van der Waals surface area contributed by atoms with Crippen molar-refractivity contribution in [2.24, 2.45) is 0 Å². The fourth-order valence-corrected chi connectivity index (χ4v) is 4.09. The lowest BCUT2D eigenvalue weighted by atomic mass is 10.1. The highest BCUT2D eigenvalue weighted by Gasteiger charge is 2.38. The Kier molecular flexibility index (Phi) is 5.56. The first-order valence-electron chi connectivity index (χ1n) is 8.16. The Morgan fingerprint density at radius 3 is 2.65 bits per heavy atom. The van der Waals surface area contributed by atoms with Crippen molar-refractivity contribution in [2.75, 3.05) is 5.75 Å². The van der Waals surface area contributed by atoms with Crippen LogP contribution in [-0.4, -0.2) is 28.5 Å². The van der Waals surface area contributed by atoms with Gasteiger partial charge in [-0.05, 0) is 42.3 Å². The molecule has 2 unspecified atom stereocenters. The summed E-state index contributed by atoms with van der Waals surface area (Å²) >= 11 is 1.37. The van der Waals surface area contributed by atoms with Gasteiger partial charge >= 0.3 is 0 Å². The van der Waals surface area contributed by atoms with E-state index >= 15 is 0 Å². The lowest BCUT2D eigenvalue weighted by Gasteiger charge is -2.29. The highest BCUT2D eigenvalue weighted by Crippen LogP contribution is 2.40. The largest absolute Gasteiger partial charge is 0.350 e. The van der Waals surface area contributed by atoms with Crippen LogP contribution in [0, 0.1) is 11.6 Å². The molecule has 0 aromatic heterocycles. The number of amides is 2. The molecule has 2 amide bonds. The first kappa shape index (κ1) is 18.4. The Hall–Kier alpha value is -2.41. The quantitative estimate of drug-likeness (QED) is 0.872. The lowest BCUT2D eigenvalue weighted by Crippen LogP contribution is -2.46. The van der Waals surface area contributed by atoms with Gasteiger partial charge in [0.15, 0.2) is 0 Å². The van der Waals surface area contributed by atoms with E-state index in [1.54, 1.807) is 31.2 Å². The standard InChI is InChI=1S/C19H18F2N2O2S/c1-12(18(25)22-10-13-5-7-15(20)8-6-13)23-17(24)11-26-19(23)14-3-2-4-16(21)9-14/h2-9,12,19H,10-11H2,1H3,(H,22,25). The minimum atomic E-state index is -0.703. The summed E-state index contributed by atoms with van der Waals surface area (Å²) in [5.41, 5.74) is 1.41. The van der Waals surface area contributed by atoms with Gasteiger partial charge in [0.1, 0.15) is 23.1 Å². The zero-order chi connectivity index (χ0) is 18.7. The first-order chi connectivity index (χ1) is 12.5. The van der Waals surface area contributed by atoms with Gasteiger partial charge in [-0.2, -0.15) is 0 Å². The van der Waals surface area contributed by atoms with Gasteiger partial charge in [0.2, 0.25) is 11.8 Å². The van der Waals surface area contributed by atoms with Crippen molar-refractivity contribution in [1.29, 1.82) is 0 Å². The Balaban J connectivity index is 1.69. The number of benzene rings is 2. The molecule has 1 aliphatic rings. The van der Waals surface area contributed by atoms with Crippen LogP contribution in [0.15, 0.2) is 48.5 Å². The second-order valence-corrected chi connectivity index (χ2v) is 7.11. The maximum Gasteiger partial charge on any atom is 0.242 e. The summed E-state index contributed by atoms with van der Waals surface area (Å²) in [6.45, 7) is 1.89. The number of hydrogen-bond acceptors (Lipinski definition) is 3. The molecule has 2 aromatic carbocycles. The van der Waals surface area contributed by atoms with Gasteiger partial charge in [0, 0.05) is 6.54 Å². The van der Waals surface area contributed by atoms with Gasteiger partial charge in [-0.15, -0.1) is 11.8 Å². The highest BCUT2D eigenvalue weighted by atomic mass is 32.2. The van der Waals surface area contributed by atoms with Gasteiger partial charge in [-0.3, -0.25) is 9.59 Å². The maximum absolute atomic E-state index is 13.5. The minimum absolute atomic E-state index is 0.159. The van der Waals surface area contributed by atoms with Crippen molar-refractivity contribution in [2.45, 2.75) is 24.9 Å². The Morgan fingerprint density at radius 2 is 1.96 bits per heavy atom. The summed E-state index contributed by atoms with van der Waals surface area (Å²) in [4.78, 5) is 26.3. The molecule has 2 aromatic rings. The topological polar surface area (TPSA) is 49.4 Å². The van der Waals surface area contributed by atoms with Crippen molar-refractivity contribution in [3.63, 3.8) is 0 Å². The summed E-state index contributed by atoms with van der Waals surface area (Å²) in [5.74, 6) is -0.946. The van der Waals surface area contributed by atoms with Gasteiger partial charge in [-0.25, -0.2) is 8.78 Å². The molecule has 136 valence electrons. The van der Waals surface area contributed by atoms with Gasteiger partial charge in [0.25, 0.3) is 0 Å². The fraction of sp³-hybridized carbons (Fsp3) is 0.263. The van der Waals surface area contributed by atoms with Crippen LogP contribution in [0.25, 0.3) is 0 Å². The molecule has 1 fully saturated rings. The molecule has 26 heavy (non-hydrogen) atoms. The third-order valence-corrected chi connectivity index (χ3v) is 5.44. The van der Waals surface area contributed by atoms with E-state index in [-0.39, 0.29) is 35.7 Å². The van der Waals surface area contributed by atoms with E-state index in [0.29, 0.717) is 5.56 Å². The summed E-state index contributed by atoms with van der Waals surface area (Å²) in [5, 5.41) is 2.36. The fourth-order valence-electron chi connectivity index (χ4n) is 2.84. The van der Waals surface area contributed by atoms with Crippen molar-refractivity contribution in [3.8, 4) is 0 Å². The van der Waals surface area contributed by atoms with E-state index in [9.17, 15) is 18.4 Å². The Labute approximate surface area is 154 Å². The summed E-state index contributed by atoms with van der Waals surface area (Å²) < 4.78 is 26.5. The summed E-state index contributed by atoms with van der Waals surface area (Å²) in [6.07, 6.45) is 0. The van der Waals surface area contributed by atoms with E-state index in [2.05, 4.69) is 5.32 Å². The normalized spacial score (nSPS) is 18.0. The van der Waals surface area contributed by atoms with Crippen LogP contribution < -0.4 is 5.32 Å². The second kappa shape index (κ2) is 7.86. The van der Waals surface area contributed by atoms with Crippen LogP contribution in [-0.2, 0) is 16.1 Å². The molecule has 0 spiro atoms. The van der Waals surface area contributed by atoms with E-state index in [1.165, 1.54) is 40.9 Å². The number of nitrogens with zero attached hydrogens (tertiary/aromatic N) is 1. The number of hydrogen-bond donors (Lipinski definition) is 1. The molecule has 0 bridgehead atoms. The van der Waals surface area contributed by atoms with Gasteiger partial charge < -0.3 is 10.2 Å². The number of rotatable bonds is 5. The predicted molar refractivity (Wildman–Crippen MR) is 96.2 cm³/mol. The molecule has 1 saturated heterocycles. The SMILES string of the molecule is CC(C(=O)NCc1ccc(F)cc1)N1C(=O)CSC1c1cccc(F)c1. The maximum atomic E-state index is 13.5. The number of nitrogens with one attached hydrogen (secondary N) is 1. The zero-order valence-electron chi connectivity index (χ0n) is 14.1. The Morgan fingerprint density at radius 1 is 1.23 bits per heavy atom. The van der Waals surface area contributed by atoms with Gasteiger partial charge in [0.05, 0.1) is 5.75 Å². The monoisotopic (exact) mass is 376 g/mol. The zero-order valence-corrected chi connectivity index (χ0v) is 14.9. The van der Waals surface area contributed by atoms with Crippen LogP contribution in [0.1, 0.15) is 23.4 Å².